The highest BCUT2D eigenvalue weighted by atomic mass is 32.2. The van der Waals surface area contributed by atoms with E-state index in [1.807, 2.05) is 55.1 Å². The summed E-state index contributed by atoms with van der Waals surface area (Å²) in [6.45, 7) is 6.17. The summed E-state index contributed by atoms with van der Waals surface area (Å²) >= 11 is 1.62. The third kappa shape index (κ3) is 4.72. The number of rotatable bonds is 6. The maximum atomic E-state index is 12.5. The maximum Gasteiger partial charge on any atom is 0.238 e. The Bertz CT molecular complexity index is 817. The lowest BCUT2D eigenvalue weighted by Gasteiger charge is -2.25. The summed E-state index contributed by atoms with van der Waals surface area (Å²) < 4.78 is 0. The Hall–Kier alpha value is -2.27. The molecule has 1 unspecified atom stereocenters. The van der Waals surface area contributed by atoms with Gasteiger partial charge in [-0.15, -0.1) is 11.8 Å². The predicted molar refractivity (Wildman–Crippen MR) is 113 cm³/mol. The number of hydrogen-bond acceptors (Lipinski definition) is 3. The molecule has 1 heterocycles. The second-order valence-electron chi connectivity index (χ2n) is 7.22. The van der Waals surface area contributed by atoms with Gasteiger partial charge >= 0.3 is 0 Å². The number of carbonyl (C=O) groups is 2. The van der Waals surface area contributed by atoms with Crippen molar-refractivity contribution in [1.82, 2.24) is 0 Å². The van der Waals surface area contributed by atoms with E-state index in [4.69, 9.17) is 0 Å². The molecule has 1 fully saturated rings. The van der Waals surface area contributed by atoms with Crippen LogP contribution in [0.4, 0.5) is 11.4 Å². The van der Waals surface area contributed by atoms with Gasteiger partial charge in [-0.25, -0.2) is 0 Å². The topological polar surface area (TPSA) is 49.4 Å². The molecular formula is C22H26N2O2S. The smallest absolute Gasteiger partial charge is 0.238 e. The van der Waals surface area contributed by atoms with Gasteiger partial charge in [-0.3, -0.25) is 14.5 Å². The number of hydrogen-bond donors (Lipinski definition) is 1. The highest BCUT2D eigenvalue weighted by Crippen LogP contribution is 2.42. The lowest BCUT2D eigenvalue weighted by atomic mass is 10.1. The minimum atomic E-state index is -0.0769. The molecule has 1 N–H and O–H groups in total. The van der Waals surface area contributed by atoms with E-state index in [0.29, 0.717) is 18.1 Å². The quantitative estimate of drug-likeness (QED) is 0.764. The van der Waals surface area contributed by atoms with E-state index in [1.54, 1.807) is 11.8 Å². The summed E-state index contributed by atoms with van der Waals surface area (Å²) in [5.41, 5.74) is 3.97. The van der Waals surface area contributed by atoms with Gasteiger partial charge in [-0.1, -0.05) is 45.0 Å². The van der Waals surface area contributed by atoms with E-state index < -0.39 is 0 Å². The number of aryl methyl sites for hydroxylation is 1. The minimum Gasteiger partial charge on any atom is -0.326 e. The van der Waals surface area contributed by atoms with Crippen molar-refractivity contribution in [2.45, 2.75) is 39.0 Å². The Balaban J connectivity index is 1.82. The molecule has 27 heavy (non-hydrogen) atoms. The molecule has 0 aromatic heterocycles. The van der Waals surface area contributed by atoms with Gasteiger partial charge in [-0.05, 0) is 47.7 Å². The van der Waals surface area contributed by atoms with Crippen LogP contribution in [-0.4, -0.2) is 17.6 Å². The standard InChI is InChI=1S/C22H26N2O2S/c1-4-16-8-10-19(11-9-16)24-21(26)14-27-22(24)17-6-5-7-18(13-17)23-20(25)12-15(2)3/h5-11,13,15,22H,4,12,14H2,1-3H3,(H,23,25). The third-order valence-corrected chi connectivity index (χ3v) is 5.75. The molecule has 5 heteroatoms. The van der Waals surface area contributed by atoms with E-state index in [1.165, 1.54) is 5.56 Å². The molecule has 4 nitrogen and oxygen atoms in total. The fraction of sp³-hybridized carbons (Fsp3) is 0.364. The summed E-state index contributed by atoms with van der Waals surface area (Å²) in [7, 11) is 0. The lowest BCUT2D eigenvalue weighted by Crippen LogP contribution is -2.27. The molecule has 0 radical (unpaired) electrons. The monoisotopic (exact) mass is 382 g/mol. The molecule has 3 rings (SSSR count). The minimum absolute atomic E-state index is 0.0179. The fourth-order valence-corrected chi connectivity index (χ4v) is 4.36. The van der Waals surface area contributed by atoms with Crippen molar-refractivity contribution in [2.24, 2.45) is 5.92 Å². The Labute approximate surface area is 165 Å². The van der Waals surface area contributed by atoms with Gasteiger partial charge in [0.15, 0.2) is 0 Å². The average Bonchev–Trinajstić information content (AvgIpc) is 3.03. The zero-order valence-electron chi connectivity index (χ0n) is 16.1. The first kappa shape index (κ1) is 19.5. The molecule has 2 aromatic carbocycles. The summed E-state index contributed by atoms with van der Waals surface area (Å²) in [6, 6.07) is 16.0. The molecule has 2 amide bonds. The van der Waals surface area contributed by atoms with Crippen molar-refractivity contribution in [3.8, 4) is 0 Å². The van der Waals surface area contributed by atoms with Gasteiger partial charge in [0.05, 0.1) is 5.75 Å². The molecule has 0 spiro atoms. The van der Waals surface area contributed by atoms with Crippen molar-refractivity contribution in [3.05, 3.63) is 59.7 Å². The molecule has 142 valence electrons. The zero-order chi connectivity index (χ0) is 19.4. The van der Waals surface area contributed by atoms with E-state index in [0.717, 1.165) is 23.4 Å². The largest absolute Gasteiger partial charge is 0.326 e. The van der Waals surface area contributed by atoms with Crippen LogP contribution in [0.3, 0.4) is 0 Å². The number of nitrogens with zero attached hydrogens (tertiary/aromatic N) is 1. The van der Waals surface area contributed by atoms with Crippen LogP contribution >= 0.6 is 11.8 Å². The van der Waals surface area contributed by atoms with Crippen LogP contribution < -0.4 is 10.2 Å². The Morgan fingerprint density at radius 3 is 2.63 bits per heavy atom. The summed E-state index contributed by atoms with van der Waals surface area (Å²) in [4.78, 5) is 26.5. The normalized spacial score (nSPS) is 16.8. The molecule has 1 saturated heterocycles. The SMILES string of the molecule is CCc1ccc(N2C(=O)CSC2c2cccc(NC(=O)CC(C)C)c2)cc1. The molecule has 0 saturated carbocycles. The molecule has 1 aliphatic rings. The predicted octanol–water partition coefficient (Wildman–Crippen LogP) is 5.01. The van der Waals surface area contributed by atoms with E-state index in [2.05, 4.69) is 24.4 Å². The van der Waals surface area contributed by atoms with Gasteiger partial charge < -0.3 is 5.32 Å². The Morgan fingerprint density at radius 1 is 1.22 bits per heavy atom. The molecule has 1 atom stereocenters. The van der Waals surface area contributed by atoms with Crippen LogP contribution in [0, 0.1) is 5.92 Å². The van der Waals surface area contributed by atoms with E-state index >= 15 is 0 Å². The van der Waals surface area contributed by atoms with Crippen LogP contribution in [0.25, 0.3) is 0 Å². The maximum absolute atomic E-state index is 12.5. The van der Waals surface area contributed by atoms with Crippen LogP contribution in [0.15, 0.2) is 48.5 Å². The van der Waals surface area contributed by atoms with Gasteiger partial charge in [0, 0.05) is 17.8 Å². The third-order valence-electron chi connectivity index (χ3n) is 4.54. The number of carbonyl (C=O) groups excluding carboxylic acids is 2. The number of benzene rings is 2. The number of anilines is 2. The first-order chi connectivity index (χ1) is 13.0. The molecule has 0 aliphatic carbocycles. The zero-order valence-corrected chi connectivity index (χ0v) is 16.9. The Kier molecular flexibility index (Phi) is 6.22. The van der Waals surface area contributed by atoms with Gasteiger partial charge in [0.25, 0.3) is 0 Å². The number of thioether (sulfide) groups is 1. The van der Waals surface area contributed by atoms with E-state index in [9.17, 15) is 9.59 Å². The summed E-state index contributed by atoms with van der Waals surface area (Å²) in [5.74, 6) is 0.912. The summed E-state index contributed by atoms with van der Waals surface area (Å²) in [5, 5.41) is 2.89. The van der Waals surface area contributed by atoms with Gasteiger partial charge in [0.1, 0.15) is 5.37 Å². The first-order valence-electron chi connectivity index (χ1n) is 9.40. The van der Waals surface area contributed by atoms with Crippen LogP contribution in [0.5, 0.6) is 0 Å². The van der Waals surface area contributed by atoms with Crippen LogP contribution in [-0.2, 0) is 16.0 Å². The number of nitrogens with one attached hydrogen (secondary N) is 1. The average molecular weight is 383 g/mol. The van der Waals surface area contributed by atoms with Crippen molar-refractivity contribution in [3.63, 3.8) is 0 Å². The number of amides is 2. The second-order valence-corrected chi connectivity index (χ2v) is 8.29. The molecule has 0 bridgehead atoms. The first-order valence-corrected chi connectivity index (χ1v) is 10.4. The van der Waals surface area contributed by atoms with Crippen molar-refractivity contribution >= 4 is 35.0 Å². The highest BCUT2D eigenvalue weighted by Gasteiger charge is 2.34. The highest BCUT2D eigenvalue weighted by molar-refractivity contribution is 8.00. The van der Waals surface area contributed by atoms with Gasteiger partial charge in [-0.2, -0.15) is 0 Å². The summed E-state index contributed by atoms with van der Waals surface area (Å²) in [6.07, 6.45) is 1.47. The van der Waals surface area contributed by atoms with Crippen molar-refractivity contribution < 1.29 is 9.59 Å². The Morgan fingerprint density at radius 2 is 1.96 bits per heavy atom. The second kappa shape index (κ2) is 8.61. The van der Waals surface area contributed by atoms with Crippen molar-refractivity contribution in [1.29, 1.82) is 0 Å². The molecule has 1 aliphatic heterocycles. The van der Waals surface area contributed by atoms with E-state index in [-0.39, 0.29) is 17.2 Å². The lowest BCUT2D eigenvalue weighted by molar-refractivity contribution is -0.117. The molecule has 2 aromatic rings. The molecular weight excluding hydrogens is 356 g/mol. The van der Waals surface area contributed by atoms with Crippen molar-refractivity contribution in [2.75, 3.05) is 16.0 Å². The fourth-order valence-electron chi connectivity index (χ4n) is 3.19. The van der Waals surface area contributed by atoms with Crippen LogP contribution in [0.2, 0.25) is 0 Å². The van der Waals surface area contributed by atoms with Crippen LogP contribution in [0.1, 0.15) is 43.7 Å². The van der Waals surface area contributed by atoms with Gasteiger partial charge in [0.2, 0.25) is 11.8 Å².